The van der Waals surface area contributed by atoms with Gasteiger partial charge in [0.15, 0.2) is 0 Å². The number of benzene rings is 3. The lowest BCUT2D eigenvalue weighted by Gasteiger charge is -2.16. The van der Waals surface area contributed by atoms with Crippen molar-refractivity contribution in [1.82, 2.24) is 5.32 Å². The van der Waals surface area contributed by atoms with E-state index in [1.807, 2.05) is 37.3 Å². The smallest absolute Gasteiger partial charge is 0.255 e. The van der Waals surface area contributed by atoms with Gasteiger partial charge in [0.25, 0.3) is 11.8 Å². The maximum absolute atomic E-state index is 12.8. The molecule has 3 aromatic carbocycles. The first-order chi connectivity index (χ1) is 14.7. The molecule has 31 heavy (non-hydrogen) atoms. The second-order valence-electron chi connectivity index (χ2n) is 7.06. The van der Waals surface area contributed by atoms with Crippen LogP contribution in [0.1, 0.15) is 39.2 Å². The van der Waals surface area contributed by atoms with Crippen molar-refractivity contribution in [1.29, 1.82) is 0 Å². The standard InChI is InChI=1S/C23H23N3O4S/c1-16(17-8-4-3-5-9-17)24-23(28)20-10-6-7-11-21(20)25-22(27)18-12-14-19(15-13-18)26-31(2,29)30/h3-16,26H,1-2H3,(H,24,28)(H,25,27)/t16-/m0/s1. The summed E-state index contributed by atoms with van der Waals surface area (Å²) < 4.78 is 24.9. The number of hydrogen-bond donors (Lipinski definition) is 3. The molecule has 0 unspecified atom stereocenters. The second kappa shape index (κ2) is 9.44. The Kier molecular flexibility index (Phi) is 6.71. The Labute approximate surface area is 181 Å². The van der Waals surface area contributed by atoms with Gasteiger partial charge in [-0.2, -0.15) is 0 Å². The molecule has 160 valence electrons. The molecule has 0 saturated heterocycles. The van der Waals surface area contributed by atoms with Crippen molar-refractivity contribution < 1.29 is 18.0 Å². The van der Waals surface area contributed by atoms with Crippen LogP contribution in [-0.2, 0) is 10.0 Å². The van der Waals surface area contributed by atoms with Crippen LogP contribution in [0.2, 0.25) is 0 Å². The highest BCUT2D eigenvalue weighted by Crippen LogP contribution is 2.19. The van der Waals surface area contributed by atoms with Crippen molar-refractivity contribution in [2.75, 3.05) is 16.3 Å². The molecule has 0 bridgehead atoms. The number of amides is 2. The molecule has 0 radical (unpaired) electrons. The fourth-order valence-corrected chi connectivity index (χ4v) is 3.55. The zero-order valence-corrected chi connectivity index (χ0v) is 17.9. The summed E-state index contributed by atoms with van der Waals surface area (Å²) in [6, 6.07) is 22.1. The van der Waals surface area contributed by atoms with Gasteiger partial charge in [-0.25, -0.2) is 8.42 Å². The quantitative estimate of drug-likeness (QED) is 0.523. The summed E-state index contributed by atoms with van der Waals surface area (Å²) in [5, 5.41) is 5.69. The Hall–Kier alpha value is -3.65. The first-order valence-corrected chi connectivity index (χ1v) is 11.5. The molecule has 3 rings (SSSR count). The molecule has 8 heteroatoms. The Morgan fingerprint density at radius 1 is 0.806 bits per heavy atom. The summed E-state index contributed by atoms with van der Waals surface area (Å²) >= 11 is 0. The Bertz CT molecular complexity index is 1180. The van der Waals surface area contributed by atoms with Gasteiger partial charge in [0.05, 0.1) is 23.5 Å². The summed E-state index contributed by atoms with van der Waals surface area (Å²) in [6.07, 6.45) is 1.05. The van der Waals surface area contributed by atoms with E-state index in [1.165, 1.54) is 24.3 Å². The average Bonchev–Trinajstić information content (AvgIpc) is 2.74. The molecule has 0 aliphatic heterocycles. The lowest BCUT2D eigenvalue weighted by Crippen LogP contribution is -2.28. The summed E-state index contributed by atoms with van der Waals surface area (Å²) in [7, 11) is -3.40. The maximum atomic E-state index is 12.8. The van der Waals surface area contributed by atoms with E-state index >= 15 is 0 Å². The van der Waals surface area contributed by atoms with Crippen molar-refractivity contribution >= 4 is 33.2 Å². The maximum Gasteiger partial charge on any atom is 0.255 e. The van der Waals surface area contributed by atoms with E-state index in [0.717, 1.165) is 11.8 Å². The van der Waals surface area contributed by atoms with Crippen LogP contribution in [0, 0.1) is 0 Å². The van der Waals surface area contributed by atoms with Crippen LogP contribution < -0.4 is 15.4 Å². The number of para-hydroxylation sites is 1. The first kappa shape index (κ1) is 22.0. The van der Waals surface area contributed by atoms with E-state index in [1.54, 1.807) is 24.3 Å². The first-order valence-electron chi connectivity index (χ1n) is 9.57. The lowest BCUT2D eigenvalue weighted by molar-refractivity contribution is 0.0940. The molecule has 0 spiro atoms. The Balaban J connectivity index is 1.72. The van der Waals surface area contributed by atoms with Crippen LogP contribution in [0.25, 0.3) is 0 Å². The predicted molar refractivity (Wildman–Crippen MR) is 122 cm³/mol. The normalized spacial score (nSPS) is 11.9. The topological polar surface area (TPSA) is 104 Å². The second-order valence-corrected chi connectivity index (χ2v) is 8.81. The zero-order chi connectivity index (χ0) is 22.4. The van der Waals surface area contributed by atoms with E-state index in [-0.39, 0.29) is 11.9 Å². The van der Waals surface area contributed by atoms with Gasteiger partial charge in [0.2, 0.25) is 10.0 Å². The minimum absolute atomic E-state index is 0.202. The van der Waals surface area contributed by atoms with Gasteiger partial charge in [-0.05, 0) is 48.9 Å². The number of nitrogens with one attached hydrogen (secondary N) is 3. The molecular weight excluding hydrogens is 414 g/mol. The van der Waals surface area contributed by atoms with Crippen LogP contribution in [0.5, 0.6) is 0 Å². The van der Waals surface area contributed by atoms with E-state index < -0.39 is 15.9 Å². The van der Waals surface area contributed by atoms with Gasteiger partial charge in [-0.1, -0.05) is 42.5 Å². The molecule has 0 aliphatic carbocycles. The number of sulfonamides is 1. The Morgan fingerprint density at radius 3 is 2.06 bits per heavy atom. The minimum atomic E-state index is -3.40. The number of carbonyl (C=O) groups excluding carboxylic acids is 2. The highest BCUT2D eigenvalue weighted by atomic mass is 32.2. The molecular formula is C23H23N3O4S. The fraction of sp³-hybridized carbons (Fsp3) is 0.130. The van der Waals surface area contributed by atoms with Gasteiger partial charge < -0.3 is 10.6 Å². The zero-order valence-electron chi connectivity index (χ0n) is 17.1. The van der Waals surface area contributed by atoms with E-state index in [4.69, 9.17) is 0 Å². The van der Waals surface area contributed by atoms with Gasteiger partial charge in [-0.3, -0.25) is 14.3 Å². The third-order valence-electron chi connectivity index (χ3n) is 4.52. The van der Waals surface area contributed by atoms with Crippen LogP contribution in [-0.4, -0.2) is 26.5 Å². The lowest BCUT2D eigenvalue weighted by atomic mass is 10.1. The molecule has 0 aromatic heterocycles. The molecule has 0 fully saturated rings. The van der Waals surface area contributed by atoms with Crippen molar-refractivity contribution in [3.63, 3.8) is 0 Å². The minimum Gasteiger partial charge on any atom is -0.345 e. The average molecular weight is 438 g/mol. The molecule has 3 N–H and O–H groups in total. The van der Waals surface area contributed by atoms with E-state index in [0.29, 0.717) is 22.5 Å². The largest absolute Gasteiger partial charge is 0.345 e. The van der Waals surface area contributed by atoms with Gasteiger partial charge >= 0.3 is 0 Å². The molecule has 0 aliphatic rings. The van der Waals surface area contributed by atoms with Crippen molar-refractivity contribution in [2.24, 2.45) is 0 Å². The van der Waals surface area contributed by atoms with Crippen LogP contribution >= 0.6 is 0 Å². The van der Waals surface area contributed by atoms with Crippen LogP contribution in [0.15, 0.2) is 78.9 Å². The van der Waals surface area contributed by atoms with Crippen molar-refractivity contribution in [3.8, 4) is 0 Å². The molecule has 3 aromatic rings. The summed E-state index contributed by atoms with van der Waals surface area (Å²) in [5.74, 6) is -0.720. The number of carbonyl (C=O) groups is 2. The van der Waals surface area contributed by atoms with Crippen LogP contribution in [0.4, 0.5) is 11.4 Å². The highest BCUT2D eigenvalue weighted by molar-refractivity contribution is 7.92. The number of anilines is 2. The molecule has 0 saturated carbocycles. The monoisotopic (exact) mass is 437 g/mol. The fourth-order valence-electron chi connectivity index (χ4n) is 2.99. The molecule has 0 heterocycles. The van der Waals surface area contributed by atoms with Gasteiger partial charge in [0.1, 0.15) is 0 Å². The highest BCUT2D eigenvalue weighted by Gasteiger charge is 2.16. The van der Waals surface area contributed by atoms with E-state index in [2.05, 4.69) is 15.4 Å². The van der Waals surface area contributed by atoms with Crippen molar-refractivity contribution in [2.45, 2.75) is 13.0 Å². The molecule has 1 atom stereocenters. The third kappa shape index (κ3) is 6.16. The van der Waals surface area contributed by atoms with Crippen LogP contribution in [0.3, 0.4) is 0 Å². The third-order valence-corrected chi connectivity index (χ3v) is 5.12. The van der Waals surface area contributed by atoms with Crippen molar-refractivity contribution in [3.05, 3.63) is 95.6 Å². The molecule has 2 amide bonds. The number of hydrogen-bond acceptors (Lipinski definition) is 4. The predicted octanol–water partition coefficient (Wildman–Crippen LogP) is 3.80. The number of rotatable bonds is 7. The summed E-state index contributed by atoms with van der Waals surface area (Å²) in [4.78, 5) is 25.5. The Morgan fingerprint density at radius 2 is 1.42 bits per heavy atom. The summed E-state index contributed by atoms with van der Waals surface area (Å²) in [5.41, 5.74) is 2.37. The summed E-state index contributed by atoms with van der Waals surface area (Å²) in [6.45, 7) is 1.89. The van der Waals surface area contributed by atoms with E-state index in [9.17, 15) is 18.0 Å². The SMILES string of the molecule is C[C@H](NC(=O)c1ccccc1NC(=O)c1ccc(NS(C)(=O)=O)cc1)c1ccccc1. The van der Waals surface area contributed by atoms with Gasteiger partial charge in [-0.15, -0.1) is 0 Å². The van der Waals surface area contributed by atoms with Gasteiger partial charge in [0, 0.05) is 11.3 Å². The molecule has 7 nitrogen and oxygen atoms in total.